The molecule has 0 aliphatic carbocycles. The van der Waals surface area contributed by atoms with Crippen molar-refractivity contribution >= 4 is 5.97 Å². The topological polar surface area (TPSA) is 116 Å². The van der Waals surface area contributed by atoms with Gasteiger partial charge in [-0.15, -0.1) is 0 Å². The SMILES string of the molecule is CC(=O)O.N#Cc1ccc(C(c2ccc(C#N)cc2)n2cncn2)cc1. The predicted octanol–water partition coefficient (Wildman–Crippen LogP) is 2.75. The highest BCUT2D eigenvalue weighted by molar-refractivity contribution is 5.62. The van der Waals surface area contributed by atoms with E-state index in [4.69, 9.17) is 20.4 Å². The summed E-state index contributed by atoms with van der Waals surface area (Å²) in [6.07, 6.45) is 3.14. The lowest BCUT2D eigenvalue weighted by molar-refractivity contribution is -0.134. The largest absolute Gasteiger partial charge is 0.481 e. The maximum absolute atomic E-state index is 9.00. The van der Waals surface area contributed by atoms with Crippen LogP contribution in [0.2, 0.25) is 0 Å². The Bertz CT molecular complexity index is 872. The van der Waals surface area contributed by atoms with Crippen molar-refractivity contribution in [2.45, 2.75) is 13.0 Å². The van der Waals surface area contributed by atoms with E-state index in [1.54, 1.807) is 35.3 Å². The summed E-state index contributed by atoms with van der Waals surface area (Å²) in [6, 6.07) is 18.8. The summed E-state index contributed by atoms with van der Waals surface area (Å²) >= 11 is 0. The van der Waals surface area contributed by atoms with Crippen molar-refractivity contribution in [1.29, 1.82) is 10.5 Å². The van der Waals surface area contributed by atoms with E-state index in [1.165, 1.54) is 6.33 Å². The van der Waals surface area contributed by atoms with Gasteiger partial charge in [-0.25, -0.2) is 9.67 Å². The summed E-state index contributed by atoms with van der Waals surface area (Å²) in [5.41, 5.74) is 3.21. The Hall–Kier alpha value is -3.97. The molecular weight excluding hydrogens is 330 g/mol. The molecule has 0 atom stereocenters. The summed E-state index contributed by atoms with van der Waals surface area (Å²) in [4.78, 5) is 13.0. The highest BCUT2D eigenvalue weighted by atomic mass is 16.4. The molecule has 0 saturated carbocycles. The molecule has 0 fully saturated rings. The van der Waals surface area contributed by atoms with Gasteiger partial charge in [-0.2, -0.15) is 15.6 Å². The van der Waals surface area contributed by atoms with Crippen LogP contribution in [-0.4, -0.2) is 25.8 Å². The summed E-state index contributed by atoms with van der Waals surface area (Å²) in [5, 5.41) is 29.5. The molecule has 0 saturated heterocycles. The Morgan fingerprint density at radius 1 is 1.00 bits per heavy atom. The number of rotatable bonds is 3. The zero-order valence-corrected chi connectivity index (χ0v) is 13.9. The summed E-state index contributed by atoms with van der Waals surface area (Å²) in [7, 11) is 0. The molecule has 1 N–H and O–H groups in total. The molecule has 3 rings (SSSR count). The number of carboxylic acid groups (broad SMARTS) is 1. The van der Waals surface area contributed by atoms with Gasteiger partial charge < -0.3 is 5.11 Å². The zero-order chi connectivity index (χ0) is 18.9. The van der Waals surface area contributed by atoms with E-state index >= 15 is 0 Å². The second-order valence-electron chi connectivity index (χ2n) is 5.26. The normalized spacial score (nSPS) is 9.54. The minimum absolute atomic E-state index is 0.150. The number of aromatic nitrogens is 3. The lowest BCUT2D eigenvalue weighted by Crippen LogP contribution is -2.13. The zero-order valence-electron chi connectivity index (χ0n) is 13.9. The smallest absolute Gasteiger partial charge is 0.300 e. The monoisotopic (exact) mass is 345 g/mol. The van der Waals surface area contributed by atoms with Crippen LogP contribution in [-0.2, 0) is 4.79 Å². The van der Waals surface area contributed by atoms with E-state index in [-0.39, 0.29) is 6.04 Å². The van der Waals surface area contributed by atoms with Crippen molar-refractivity contribution in [3.8, 4) is 12.1 Å². The molecule has 1 aromatic heterocycles. The fourth-order valence-electron chi connectivity index (χ4n) is 2.33. The second-order valence-corrected chi connectivity index (χ2v) is 5.26. The van der Waals surface area contributed by atoms with E-state index in [1.807, 2.05) is 24.3 Å². The van der Waals surface area contributed by atoms with E-state index in [9.17, 15) is 0 Å². The van der Waals surface area contributed by atoms with Crippen molar-refractivity contribution in [2.75, 3.05) is 0 Å². The van der Waals surface area contributed by atoms with Crippen LogP contribution in [0, 0.1) is 22.7 Å². The van der Waals surface area contributed by atoms with Gasteiger partial charge in [-0.1, -0.05) is 24.3 Å². The molecule has 0 bridgehead atoms. The van der Waals surface area contributed by atoms with Gasteiger partial charge in [0.25, 0.3) is 5.97 Å². The van der Waals surface area contributed by atoms with Gasteiger partial charge in [0.1, 0.15) is 18.7 Å². The number of nitriles is 2. The minimum Gasteiger partial charge on any atom is -0.481 e. The Morgan fingerprint density at radius 2 is 1.42 bits per heavy atom. The molecule has 3 aromatic rings. The highest BCUT2D eigenvalue weighted by Crippen LogP contribution is 2.26. The molecule has 0 unspecified atom stereocenters. The van der Waals surface area contributed by atoms with Crippen molar-refractivity contribution in [3.05, 3.63) is 83.4 Å². The van der Waals surface area contributed by atoms with Gasteiger partial charge in [0.2, 0.25) is 0 Å². The molecule has 26 heavy (non-hydrogen) atoms. The van der Waals surface area contributed by atoms with Gasteiger partial charge in [0.15, 0.2) is 0 Å². The Morgan fingerprint density at radius 3 is 1.73 bits per heavy atom. The van der Waals surface area contributed by atoms with Crippen molar-refractivity contribution in [3.63, 3.8) is 0 Å². The number of carboxylic acids is 1. The Labute approximate surface area is 150 Å². The van der Waals surface area contributed by atoms with Gasteiger partial charge >= 0.3 is 0 Å². The summed E-state index contributed by atoms with van der Waals surface area (Å²) < 4.78 is 1.75. The number of benzene rings is 2. The number of hydrogen-bond acceptors (Lipinski definition) is 5. The third-order valence-electron chi connectivity index (χ3n) is 3.41. The average Bonchev–Trinajstić information content (AvgIpc) is 3.17. The third-order valence-corrected chi connectivity index (χ3v) is 3.41. The number of aliphatic carboxylic acids is 1. The van der Waals surface area contributed by atoms with E-state index < -0.39 is 5.97 Å². The Kier molecular flexibility index (Phi) is 6.19. The summed E-state index contributed by atoms with van der Waals surface area (Å²) in [6.45, 7) is 1.08. The van der Waals surface area contributed by atoms with Crippen LogP contribution in [0.15, 0.2) is 61.2 Å². The van der Waals surface area contributed by atoms with Gasteiger partial charge in [0, 0.05) is 6.92 Å². The summed E-state index contributed by atoms with van der Waals surface area (Å²) in [5.74, 6) is -0.833. The van der Waals surface area contributed by atoms with Crippen LogP contribution in [0.25, 0.3) is 0 Å². The fourth-order valence-corrected chi connectivity index (χ4v) is 2.33. The molecule has 7 nitrogen and oxygen atoms in total. The van der Waals surface area contributed by atoms with Gasteiger partial charge in [0.05, 0.1) is 23.3 Å². The molecule has 0 amide bonds. The molecule has 1 heterocycles. The minimum atomic E-state index is -0.833. The van der Waals surface area contributed by atoms with Gasteiger partial charge in [-0.3, -0.25) is 4.79 Å². The maximum Gasteiger partial charge on any atom is 0.300 e. The number of hydrogen-bond donors (Lipinski definition) is 1. The van der Waals surface area contributed by atoms with Crippen LogP contribution in [0.5, 0.6) is 0 Å². The first kappa shape index (κ1) is 18.4. The second kappa shape index (κ2) is 8.76. The molecule has 2 aromatic carbocycles. The first-order chi connectivity index (χ1) is 12.5. The van der Waals surface area contributed by atoms with Crippen molar-refractivity contribution in [1.82, 2.24) is 14.8 Å². The first-order valence-electron chi connectivity index (χ1n) is 7.59. The lowest BCUT2D eigenvalue weighted by atomic mass is 9.97. The first-order valence-corrected chi connectivity index (χ1v) is 7.59. The van der Waals surface area contributed by atoms with E-state index in [2.05, 4.69) is 22.2 Å². The van der Waals surface area contributed by atoms with E-state index in [0.29, 0.717) is 11.1 Å². The van der Waals surface area contributed by atoms with Crippen LogP contribution in [0.3, 0.4) is 0 Å². The average molecular weight is 345 g/mol. The van der Waals surface area contributed by atoms with Crippen LogP contribution < -0.4 is 0 Å². The highest BCUT2D eigenvalue weighted by Gasteiger charge is 2.17. The molecule has 0 spiro atoms. The molecule has 7 heteroatoms. The van der Waals surface area contributed by atoms with Gasteiger partial charge in [-0.05, 0) is 35.4 Å². The standard InChI is InChI=1S/C17H11N5.C2H4O2/c18-9-13-1-5-15(6-2-13)17(22-12-20-11-21-22)16-7-3-14(10-19)4-8-16;1-2(3)4/h1-8,11-12,17H;1H3,(H,3,4). The molecule has 0 aliphatic rings. The molecule has 128 valence electrons. The van der Waals surface area contributed by atoms with Crippen LogP contribution >= 0.6 is 0 Å². The molecule has 0 radical (unpaired) electrons. The fraction of sp³-hybridized carbons (Fsp3) is 0.105. The van der Waals surface area contributed by atoms with Crippen molar-refractivity contribution in [2.24, 2.45) is 0 Å². The maximum atomic E-state index is 9.00. The number of carbonyl (C=O) groups is 1. The number of nitrogens with zero attached hydrogens (tertiary/aromatic N) is 5. The van der Waals surface area contributed by atoms with Crippen molar-refractivity contribution < 1.29 is 9.90 Å². The lowest BCUT2D eigenvalue weighted by Gasteiger charge is -2.18. The van der Waals surface area contributed by atoms with E-state index in [0.717, 1.165) is 18.1 Å². The molecular formula is C19H15N5O2. The third kappa shape index (κ3) is 4.76. The predicted molar refractivity (Wildman–Crippen MR) is 92.9 cm³/mol. The quantitative estimate of drug-likeness (QED) is 0.780. The van der Waals surface area contributed by atoms with Crippen LogP contribution in [0.4, 0.5) is 0 Å². The Balaban J connectivity index is 0.000000552. The van der Waals surface area contributed by atoms with Crippen LogP contribution in [0.1, 0.15) is 35.2 Å². The molecule has 0 aliphatic heterocycles.